The molecule has 1 N–H and O–H groups in total. The number of anilines is 1. The lowest BCUT2D eigenvalue weighted by atomic mass is 9.90. The Morgan fingerprint density at radius 1 is 1.44 bits per heavy atom. The van der Waals surface area contributed by atoms with Crippen LogP contribution in [0, 0.1) is 0 Å². The molecule has 1 aliphatic rings. The standard InChI is InChI=1S/C14H21NO/c1-10-9-15(4)12-7-5-6-11(13(10)12)8-14(2,3)16/h5-7,10,16H,8-9H2,1-4H3. The Labute approximate surface area is 97.9 Å². The average molecular weight is 219 g/mol. The Bertz CT molecular complexity index is 392. The molecule has 0 aliphatic carbocycles. The van der Waals surface area contributed by atoms with Crippen molar-refractivity contribution in [1.82, 2.24) is 0 Å². The first-order valence-electron chi connectivity index (χ1n) is 5.94. The minimum atomic E-state index is -0.629. The quantitative estimate of drug-likeness (QED) is 0.826. The van der Waals surface area contributed by atoms with E-state index in [0.717, 1.165) is 13.0 Å². The molecule has 88 valence electrons. The van der Waals surface area contributed by atoms with E-state index in [9.17, 15) is 5.11 Å². The van der Waals surface area contributed by atoms with Crippen LogP contribution in [0.1, 0.15) is 37.8 Å². The highest BCUT2D eigenvalue weighted by Gasteiger charge is 2.27. The molecule has 0 spiro atoms. The largest absolute Gasteiger partial charge is 0.390 e. The summed E-state index contributed by atoms with van der Waals surface area (Å²) in [7, 11) is 2.14. The molecular weight excluding hydrogens is 198 g/mol. The lowest BCUT2D eigenvalue weighted by molar-refractivity contribution is 0.0807. The molecule has 0 amide bonds. The summed E-state index contributed by atoms with van der Waals surface area (Å²) in [5, 5.41) is 9.94. The summed E-state index contributed by atoms with van der Waals surface area (Å²) in [5.41, 5.74) is 3.42. The molecule has 16 heavy (non-hydrogen) atoms. The van der Waals surface area contributed by atoms with Gasteiger partial charge in [-0.1, -0.05) is 19.1 Å². The SMILES string of the molecule is CC1CN(C)c2cccc(CC(C)(C)O)c21. The predicted octanol–water partition coefficient (Wildman–Crippen LogP) is 2.55. The van der Waals surface area contributed by atoms with Crippen molar-refractivity contribution in [3.63, 3.8) is 0 Å². The molecule has 0 bridgehead atoms. The number of hydrogen-bond donors (Lipinski definition) is 1. The summed E-state index contributed by atoms with van der Waals surface area (Å²) >= 11 is 0. The molecule has 1 aromatic rings. The van der Waals surface area contributed by atoms with Gasteiger partial charge in [-0.15, -0.1) is 0 Å². The van der Waals surface area contributed by atoms with Crippen LogP contribution in [0.15, 0.2) is 18.2 Å². The van der Waals surface area contributed by atoms with Crippen LogP contribution in [0.5, 0.6) is 0 Å². The van der Waals surface area contributed by atoms with Gasteiger partial charge in [-0.25, -0.2) is 0 Å². The maximum Gasteiger partial charge on any atom is 0.0632 e. The Morgan fingerprint density at radius 3 is 2.75 bits per heavy atom. The molecule has 2 heteroatoms. The minimum absolute atomic E-state index is 0.568. The highest BCUT2D eigenvalue weighted by molar-refractivity contribution is 5.62. The predicted molar refractivity (Wildman–Crippen MR) is 68.1 cm³/mol. The van der Waals surface area contributed by atoms with Gasteiger partial charge in [0, 0.05) is 31.6 Å². The first-order valence-corrected chi connectivity index (χ1v) is 5.94. The highest BCUT2D eigenvalue weighted by atomic mass is 16.3. The van der Waals surface area contributed by atoms with Crippen LogP contribution in [-0.4, -0.2) is 24.3 Å². The van der Waals surface area contributed by atoms with Gasteiger partial charge in [0.1, 0.15) is 0 Å². The van der Waals surface area contributed by atoms with Crippen LogP contribution in [0.3, 0.4) is 0 Å². The monoisotopic (exact) mass is 219 g/mol. The minimum Gasteiger partial charge on any atom is -0.390 e. The van der Waals surface area contributed by atoms with Crippen LogP contribution in [0.4, 0.5) is 5.69 Å². The fourth-order valence-electron chi connectivity index (χ4n) is 2.72. The van der Waals surface area contributed by atoms with Gasteiger partial charge in [-0.3, -0.25) is 0 Å². The molecular formula is C14H21NO. The first kappa shape index (κ1) is 11.5. The molecule has 0 fully saturated rings. The van der Waals surface area contributed by atoms with E-state index in [1.807, 2.05) is 13.8 Å². The molecule has 0 saturated heterocycles. The summed E-state index contributed by atoms with van der Waals surface area (Å²) < 4.78 is 0. The molecule has 1 heterocycles. The summed E-state index contributed by atoms with van der Waals surface area (Å²) in [6, 6.07) is 6.41. The third kappa shape index (κ3) is 2.07. The smallest absolute Gasteiger partial charge is 0.0632 e. The zero-order valence-corrected chi connectivity index (χ0v) is 10.6. The normalized spacial score (nSPS) is 20.1. The number of benzene rings is 1. The van der Waals surface area contributed by atoms with Gasteiger partial charge < -0.3 is 10.0 Å². The van der Waals surface area contributed by atoms with E-state index < -0.39 is 5.60 Å². The van der Waals surface area contributed by atoms with Crippen molar-refractivity contribution in [2.24, 2.45) is 0 Å². The Morgan fingerprint density at radius 2 is 2.12 bits per heavy atom. The second-order valence-electron chi connectivity index (χ2n) is 5.62. The van der Waals surface area contributed by atoms with Crippen LogP contribution in [0.25, 0.3) is 0 Å². The Balaban J connectivity index is 2.41. The fourth-order valence-corrected chi connectivity index (χ4v) is 2.72. The van der Waals surface area contributed by atoms with Gasteiger partial charge >= 0.3 is 0 Å². The summed E-state index contributed by atoms with van der Waals surface area (Å²) in [6.07, 6.45) is 0.731. The van der Waals surface area contributed by atoms with E-state index in [1.54, 1.807) is 0 Å². The fraction of sp³-hybridized carbons (Fsp3) is 0.571. The molecule has 0 saturated carbocycles. The van der Waals surface area contributed by atoms with Crippen molar-refractivity contribution in [2.45, 2.75) is 38.7 Å². The molecule has 0 radical (unpaired) electrons. The summed E-state index contributed by atoms with van der Waals surface area (Å²) in [6.45, 7) is 7.08. The number of nitrogens with zero attached hydrogens (tertiary/aromatic N) is 1. The summed E-state index contributed by atoms with van der Waals surface area (Å²) in [5.74, 6) is 0.568. The lowest BCUT2D eigenvalue weighted by Crippen LogP contribution is -2.22. The van der Waals surface area contributed by atoms with E-state index in [4.69, 9.17) is 0 Å². The van der Waals surface area contributed by atoms with Gasteiger partial charge in [0.15, 0.2) is 0 Å². The molecule has 2 nitrogen and oxygen atoms in total. The van der Waals surface area contributed by atoms with Crippen LogP contribution < -0.4 is 4.90 Å². The van der Waals surface area contributed by atoms with Crippen molar-refractivity contribution in [1.29, 1.82) is 0 Å². The second kappa shape index (κ2) is 3.77. The van der Waals surface area contributed by atoms with E-state index in [2.05, 4.69) is 37.1 Å². The van der Waals surface area contributed by atoms with E-state index >= 15 is 0 Å². The van der Waals surface area contributed by atoms with Crippen molar-refractivity contribution in [3.05, 3.63) is 29.3 Å². The Kier molecular flexibility index (Phi) is 2.70. The number of rotatable bonds is 2. The maximum absolute atomic E-state index is 9.94. The average Bonchev–Trinajstić information content (AvgIpc) is 2.41. The number of aliphatic hydroxyl groups is 1. The van der Waals surface area contributed by atoms with Gasteiger partial charge in [0.05, 0.1) is 5.60 Å². The lowest BCUT2D eigenvalue weighted by Gasteiger charge is -2.20. The molecule has 1 unspecified atom stereocenters. The van der Waals surface area contributed by atoms with Crippen LogP contribution >= 0.6 is 0 Å². The molecule has 0 aromatic heterocycles. The first-order chi connectivity index (χ1) is 7.38. The van der Waals surface area contributed by atoms with E-state index in [-0.39, 0.29) is 0 Å². The number of fused-ring (bicyclic) bond motifs is 1. The summed E-state index contributed by atoms with van der Waals surface area (Å²) in [4.78, 5) is 2.30. The van der Waals surface area contributed by atoms with Gasteiger partial charge in [0.25, 0.3) is 0 Å². The molecule has 1 atom stereocenters. The van der Waals surface area contributed by atoms with Crippen LogP contribution in [-0.2, 0) is 6.42 Å². The van der Waals surface area contributed by atoms with Gasteiger partial charge in [0.2, 0.25) is 0 Å². The third-order valence-corrected chi connectivity index (χ3v) is 3.25. The van der Waals surface area contributed by atoms with Crippen molar-refractivity contribution in [3.8, 4) is 0 Å². The van der Waals surface area contributed by atoms with Crippen molar-refractivity contribution >= 4 is 5.69 Å². The van der Waals surface area contributed by atoms with Gasteiger partial charge in [-0.2, -0.15) is 0 Å². The highest BCUT2D eigenvalue weighted by Crippen LogP contribution is 2.38. The maximum atomic E-state index is 9.94. The second-order valence-corrected chi connectivity index (χ2v) is 5.62. The molecule has 1 aliphatic heterocycles. The van der Waals surface area contributed by atoms with Crippen molar-refractivity contribution in [2.75, 3.05) is 18.5 Å². The van der Waals surface area contributed by atoms with Crippen LogP contribution in [0.2, 0.25) is 0 Å². The number of likely N-dealkylation sites (N-methyl/N-ethyl adjacent to an activating group) is 1. The van der Waals surface area contributed by atoms with E-state index in [1.165, 1.54) is 16.8 Å². The molecule has 2 rings (SSSR count). The van der Waals surface area contributed by atoms with Gasteiger partial charge in [-0.05, 0) is 31.0 Å². The van der Waals surface area contributed by atoms with Crippen molar-refractivity contribution < 1.29 is 5.11 Å². The third-order valence-electron chi connectivity index (χ3n) is 3.25. The zero-order chi connectivity index (χ0) is 11.9. The van der Waals surface area contributed by atoms with E-state index in [0.29, 0.717) is 5.92 Å². The number of hydrogen-bond acceptors (Lipinski definition) is 2. The zero-order valence-electron chi connectivity index (χ0n) is 10.6. The topological polar surface area (TPSA) is 23.5 Å². The molecule has 1 aromatic carbocycles. The Hall–Kier alpha value is -1.02.